The smallest absolute Gasteiger partial charge is 0.252 e. The van der Waals surface area contributed by atoms with E-state index in [2.05, 4.69) is 35.4 Å². The number of aryl methyl sites for hydroxylation is 1. The van der Waals surface area contributed by atoms with Crippen molar-refractivity contribution in [2.75, 3.05) is 12.3 Å². The van der Waals surface area contributed by atoms with Crippen molar-refractivity contribution in [3.05, 3.63) is 59.3 Å². The molecule has 1 heterocycles. The van der Waals surface area contributed by atoms with E-state index in [-0.39, 0.29) is 5.91 Å². The highest BCUT2D eigenvalue weighted by atomic mass is 16.1. The lowest BCUT2D eigenvalue weighted by molar-refractivity contribution is 0.0954. The maximum Gasteiger partial charge on any atom is 0.252 e. The molecular formula is C15H17N3O. The minimum atomic E-state index is -0.125. The summed E-state index contributed by atoms with van der Waals surface area (Å²) in [5.41, 5.74) is 8.45. The van der Waals surface area contributed by atoms with E-state index >= 15 is 0 Å². The molecule has 1 aromatic carbocycles. The number of anilines is 1. The molecule has 0 saturated heterocycles. The Hall–Kier alpha value is -2.36. The average Bonchev–Trinajstić information content (AvgIpc) is 2.39. The molecule has 2 rings (SSSR count). The highest BCUT2D eigenvalue weighted by molar-refractivity contribution is 5.93. The summed E-state index contributed by atoms with van der Waals surface area (Å²) in [5, 5.41) is 2.87. The number of aromatic nitrogens is 1. The molecule has 1 amide bonds. The van der Waals surface area contributed by atoms with Gasteiger partial charge in [0.1, 0.15) is 5.82 Å². The Morgan fingerprint density at radius 2 is 2.16 bits per heavy atom. The van der Waals surface area contributed by atoms with Crippen molar-refractivity contribution in [3.63, 3.8) is 0 Å². The zero-order chi connectivity index (χ0) is 13.7. The van der Waals surface area contributed by atoms with Crippen LogP contribution >= 0.6 is 0 Å². The van der Waals surface area contributed by atoms with Crippen LogP contribution in [0.2, 0.25) is 0 Å². The van der Waals surface area contributed by atoms with Crippen molar-refractivity contribution in [1.82, 2.24) is 10.3 Å². The summed E-state index contributed by atoms with van der Waals surface area (Å²) in [5.74, 6) is 0.288. The Bertz CT molecular complexity index is 564. The first-order valence-electron chi connectivity index (χ1n) is 6.20. The first-order valence-corrected chi connectivity index (χ1v) is 6.20. The number of pyridine rings is 1. The highest BCUT2D eigenvalue weighted by Gasteiger charge is 2.04. The third-order valence-electron chi connectivity index (χ3n) is 2.83. The Labute approximate surface area is 112 Å². The number of nitrogens with two attached hydrogens (primary N) is 1. The second kappa shape index (κ2) is 6.00. The van der Waals surface area contributed by atoms with Crippen molar-refractivity contribution in [2.24, 2.45) is 0 Å². The van der Waals surface area contributed by atoms with E-state index in [1.165, 1.54) is 17.3 Å². The van der Waals surface area contributed by atoms with E-state index in [0.717, 1.165) is 6.42 Å². The van der Waals surface area contributed by atoms with Gasteiger partial charge in [-0.05, 0) is 31.0 Å². The van der Waals surface area contributed by atoms with Gasteiger partial charge in [0.15, 0.2) is 0 Å². The Balaban J connectivity index is 1.86. The van der Waals surface area contributed by atoms with Crippen LogP contribution in [0.15, 0.2) is 42.6 Å². The zero-order valence-electron chi connectivity index (χ0n) is 10.9. The Morgan fingerprint density at radius 3 is 2.84 bits per heavy atom. The van der Waals surface area contributed by atoms with Gasteiger partial charge in [-0.3, -0.25) is 4.79 Å². The van der Waals surface area contributed by atoms with Crippen molar-refractivity contribution in [2.45, 2.75) is 13.3 Å². The summed E-state index contributed by atoms with van der Waals surface area (Å²) in [6.45, 7) is 2.66. The lowest BCUT2D eigenvalue weighted by atomic mass is 10.1. The van der Waals surface area contributed by atoms with Crippen LogP contribution in [0.3, 0.4) is 0 Å². The predicted molar refractivity (Wildman–Crippen MR) is 75.9 cm³/mol. The van der Waals surface area contributed by atoms with E-state index in [1.807, 2.05) is 6.07 Å². The number of nitrogens with one attached hydrogen (secondary N) is 1. The van der Waals surface area contributed by atoms with E-state index in [4.69, 9.17) is 5.73 Å². The van der Waals surface area contributed by atoms with E-state index < -0.39 is 0 Å². The van der Waals surface area contributed by atoms with Crippen LogP contribution in [0, 0.1) is 6.92 Å². The number of benzene rings is 1. The van der Waals surface area contributed by atoms with Gasteiger partial charge in [-0.1, -0.05) is 29.8 Å². The largest absolute Gasteiger partial charge is 0.384 e. The predicted octanol–water partition coefficient (Wildman–Crippen LogP) is 1.94. The maximum absolute atomic E-state index is 11.8. The summed E-state index contributed by atoms with van der Waals surface area (Å²) in [7, 11) is 0. The molecule has 1 aromatic heterocycles. The van der Waals surface area contributed by atoms with Crippen LogP contribution in [0.5, 0.6) is 0 Å². The normalized spacial score (nSPS) is 10.2. The van der Waals surface area contributed by atoms with E-state index in [9.17, 15) is 4.79 Å². The number of hydrogen-bond acceptors (Lipinski definition) is 3. The molecule has 0 fully saturated rings. The van der Waals surface area contributed by atoms with Crippen LogP contribution in [-0.2, 0) is 6.42 Å². The lowest BCUT2D eigenvalue weighted by Gasteiger charge is -2.06. The van der Waals surface area contributed by atoms with E-state index in [0.29, 0.717) is 17.9 Å². The van der Waals surface area contributed by atoms with Gasteiger partial charge in [0.2, 0.25) is 0 Å². The molecule has 0 spiro atoms. The molecule has 0 unspecified atom stereocenters. The molecule has 0 aliphatic heterocycles. The fraction of sp³-hybridized carbons (Fsp3) is 0.200. The SMILES string of the molecule is Cc1cccc(CCNC(=O)c2ccc(N)nc2)c1. The van der Waals surface area contributed by atoms with Gasteiger partial charge < -0.3 is 11.1 Å². The lowest BCUT2D eigenvalue weighted by Crippen LogP contribution is -2.25. The van der Waals surface area contributed by atoms with Gasteiger partial charge >= 0.3 is 0 Å². The molecule has 0 atom stereocenters. The highest BCUT2D eigenvalue weighted by Crippen LogP contribution is 2.04. The van der Waals surface area contributed by atoms with Gasteiger partial charge in [0.05, 0.1) is 5.56 Å². The Kier molecular flexibility index (Phi) is 4.13. The van der Waals surface area contributed by atoms with Crippen molar-refractivity contribution in [1.29, 1.82) is 0 Å². The zero-order valence-corrected chi connectivity index (χ0v) is 10.9. The van der Waals surface area contributed by atoms with Crippen LogP contribution in [-0.4, -0.2) is 17.4 Å². The number of nitrogens with zero attached hydrogens (tertiary/aromatic N) is 1. The number of nitrogen functional groups attached to an aromatic ring is 1. The first-order chi connectivity index (χ1) is 9.15. The average molecular weight is 255 g/mol. The number of hydrogen-bond donors (Lipinski definition) is 2. The molecule has 4 nitrogen and oxygen atoms in total. The molecule has 4 heteroatoms. The van der Waals surface area contributed by atoms with Crippen molar-refractivity contribution >= 4 is 11.7 Å². The molecule has 0 aliphatic rings. The fourth-order valence-corrected chi connectivity index (χ4v) is 1.83. The first kappa shape index (κ1) is 13.1. The fourth-order valence-electron chi connectivity index (χ4n) is 1.83. The third kappa shape index (κ3) is 3.81. The number of carbonyl (C=O) groups is 1. The second-order valence-corrected chi connectivity index (χ2v) is 4.47. The second-order valence-electron chi connectivity index (χ2n) is 4.47. The molecule has 98 valence electrons. The van der Waals surface area contributed by atoms with Crippen molar-refractivity contribution in [3.8, 4) is 0 Å². The molecule has 3 N–H and O–H groups in total. The summed E-state index contributed by atoms with van der Waals surface area (Å²) >= 11 is 0. The molecule has 2 aromatic rings. The standard InChI is InChI=1S/C15H17N3O/c1-11-3-2-4-12(9-11)7-8-17-15(19)13-5-6-14(16)18-10-13/h2-6,9-10H,7-8H2,1H3,(H2,16,18)(H,17,19). The maximum atomic E-state index is 11.8. The summed E-state index contributed by atoms with van der Waals surface area (Å²) in [4.78, 5) is 15.7. The molecule has 0 radical (unpaired) electrons. The summed E-state index contributed by atoms with van der Waals surface area (Å²) in [6.07, 6.45) is 2.30. The Morgan fingerprint density at radius 1 is 1.32 bits per heavy atom. The third-order valence-corrected chi connectivity index (χ3v) is 2.83. The molecule has 0 bridgehead atoms. The van der Waals surface area contributed by atoms with Crippen LogP contribution in [0.25, 0.3) is 0 Å². The monoisotopic (exact) mass is 255 g/mol. The van der Waals surface area contributed by atoms with E-state index in [1.54, 1.807) is 12.1 Å². The van der Waals surface area contributed by atoms with Crippen molar-refractivity contribution < 1.29 is 4.79 Å². The number of carbonyl (C=O) groups excluding carboxylic acids is 1. The minimum Gasteiger partial charge on any atom is -0.384 e. The number of amides is 1. The van der Waals surface area contributed by atoms with Crippen LogP contribution < -0.4 is 11.1 Å². The van der Waals surface area contributed by atoms with Gasteiger partial charge in [-0.2, -0.15) is 0 Å². The quantitative estimate of drug-likeness (QED) is 0.877. The van der Waals surface area contributed by atoms with Gasteiger partial charge in [-0.15, -0.1) is 0 Å². The topological polar surface area (TPSA) is 68.0 Å². The van der Waals surface area contributed by atoms with Crippen LogP contribution in [0.4, 0.5) is 5.82 Å². The minimum absolute atomic E-state index is 0.125. The summed E-state index contributed by atoms with van der Waals surface area (Å²) in [6, 6.07) is 11.6. The number of rotatable bonds is 4. The molecule has 19 heavy (non-hydrogen) atoms. The molecular weight excluding hydrogens is 238 g/mol. The van der Waals surface area contributed by atoms with Gasteiger partial charge in [0, 0.05) is 12.7 Å². The molecule has 0 aliphatic carbocycles. The van der Waals surface area contributed by atoms with Crippen LogP contribution in [0.1, 0.15) is 21.5 Å². The molecule has 0 saturated carbocycles. The van der Waals surface area contributed by atoms with Gasteiger partial charge in [0.25, 0.3) is 5.91 Å². The van der Waals surface area contributed by atoms with Gasteiger partial charge in [-0.25, -0.2) is 4.98 Å². The summed E-state index contributed by atoms with van der Waals surface area (Å²) < 4.78 is 0.